The van der Waals surface area contributed by atoms with Gasteiger partial charge in [-0.1, -0.05) is 26.2 Å². The summed E-state index contributed by atoms with van der Waals surface area (Å²) in [7, 11) is 1.68. The molecule has 4 nitrogen and oxygen atoms in total. The molecule has 1 saturated heterocycles. The van der Waals surface area contributed by atoms with Crippen LogP contribution in [0.25, 0.3) is 0 Å². The molecule has 132 valence electrons. The monoisotopic (exact) mass is 436 g/mol. The second kappa shape index (κ2) is 11.3. The Balaban J connectivity index is 0.00000441. The third-order valence-electron chi connectivity index (χ3n) is 3.56. The van der Waals surface area contributed by atoms with Crippen molar-refractivity contribution in [3.63, 3.8) is 0 Å². The van der Waals surface area contributed by atoms with Gasteiger partial charge in [-0.3, -0.25) is 9.89 Å². The number of rotatable bonds is 7. The van der Waals surface area contributed by atoms with Crippen LogP contribution in [-0.4, -0.2) is 56.3 Å². The molecule has 1 unspecified atom stereocenters. The van der Waals surface area contributed by atoms with Crippen molar-refractivity contribution in [1.29, 1.82) is 0 Å². The lowest BCUT2D eigenvalue weighted by Gasteiger charge is -2.19. The van der Waals surface area contributed by atoms with Gasteiger partial charge in [0.05, 0.1) is 6.54 Å². The molecule has 0 saturated carbocycles. The molecule has 0 radical (unpaired) electrons. The van der Waals surface area contributed by atoms with Gasteiger partial charge in [0, 0.05) is 32.7 Å². The molecular formula is C14H28F3IN4. The van der Waals surface area contributed by atoms with Crippen LogP contribution in [0.4, 0.5) is 13.2 Å². The minimum atomic E-state index is -4.12. The van der Waals surface area contributed by atoms with E-state index in [4.69, 9.17) is 0 Å². The van der Waals surface area contributed by atoms with E-state index < -0.39 is 12.7 Å². The van der Waals surface area contributed by atoms with Gasteiger partial charge < -0.3 is 10.6 Å². The summed E-state index contributed by atoms with van der Waals surface area (Å²) >= 11 is 0. The van der Waals surface area contributed by atoms with Gasteiger partial charge >= 0.3 is 6.18 Å². The van der Waals surface area contributed by atoms with E-state index in [0.717, 1.165) is 13.0 Å². The zero-order valence-electron chi connectivity index (χ0n) is 13.4. The Kier molecular flexibility index (Phi) is 11.2. The third kappa shape index (κ3) is 9.70. The summed E-state index contributed by atoms with van der Waals surface area (Å²) in [6, 6.07) is 0.0363. The number of likely N-dealkylation sites (tertiary alicyclic amines) is 1. The second-order valence-electron chi connectivity index (χ2n) is 5.54. The van der Waals surface area contributed by atoms with Crippen LogP contribution in [0.1, 0.15) is 39.0 Å². The number of guanidine groups is 1. The molecule has 22 heavy (non-hydrogen) atoms. The first-order valence-corrected chi connectivity index (χ1v) is 7.71. The van der Waals surface area contributed by atoms with E-state index in [9.17, 15) is 13.2 Å². The molecule has 1 rings (SSSR count). The fourth-order valence-electron chi connectivity index (χ4n) is 2.49. The molecule has 0 aliphatic carbocycles. The third-order valence-corrected chi connectivity index (χ3v) is 3.56. The molecule has 1 fully saturated rings. The van der Waals surface area contributed by atoms with Gasteiger partial charge in [-0.15, -0.1) is 24.0 Å². The average molecular weight is 436 g/mol. The van der Waals surface area contributed by atoms with E-state index in [2.05, 4.69) is 22.5 Å². The number of nitrogens with zero attached hydrogens (tertiary/aromatic N) is 2. The summed E-state index contributed by atoms with van der Waals surface area (Å²) in [4.78, 5) is 5.56. The Morgan fingerprint density at radius 1 is 1.27 bits per heavy atom. The summed E-state index contributed by atoms with van der Waals surface area (Å²) in [5.41, 5.74) is 0. The van der Waals surface area contributed by atoms with E-state index in [0.29, 0.717) is 25.5 Å². The molecule has 0 amide bonds. The average Bonchev–Trinajstić information content (AvgIpc) is 2.82. The number of halogens is 4. The summed E-state index contributed by atoms with van der Waals surface area (Å²) in [6.45, 7) is 3.08. The molecule has 0 spiro atoms. The highest BCUT2D eigenvalue weighted by molar-refractivity contribution is 14.0. The summed E-state index contributed by atoms with van der Waals surface area (Å²) in [5, 5.41) is 6.42. The molecule has 2 N–H and O–H groups in total. The number of alkyl halides is 3. The van der Waals surface area contributed by atoms with Crippen molar-refractivity contribution in [3.8, 4) is 0 Å². The topological polar surface area (TPSA) is 39.7 Å². The standard InChI is InChI=1S/C14H27F3N4.HI/c1-3-4-5-6-8-19-13(18-2)20-12-7-9-21(10-12)11-14(15,16)17;/h12H,3-11H2,1-2H3,(H2,18,19,20);1H. The predicted molar refractivity (Wildman–Crippen MR) is 95.0 cm³/mol. The van der Waals surface area contributed by atoms with Gasteiger partial charge in [0.1, 0.15) is 0 Å². The summed E-state index contributed by atoms with van der Waals surface area (Å²) in [5.74, 6) is 0.686. The van der Waals surface area contributed by atoms with Crippen LogP contribution in [-0.2, 0) is 0 Å². The van der Waals surface area contributed by atoms with Crippen molar-refractivity contribution >= 4 is 29.9 Å². The maximum absolute atomic E-state index is 12.3. The van der Waals surface area contributed by atoms with Gasteiger partial charge in [-0.25, -0.2) is 0 Å². The largest absolute Gasteiger partial charge is 0.401 e. The van der Waals surface area contributed by atoms with Crippen molar-refractivity contribution in [1.82, 2.24) is 15.5 Å². The number of hydrogen-bond donors (Lipinski definition) is 2. The van der Waals surface area contributed by atoms with E-state index in [-0.39, 0.29) is 30.0 Å². The van der Waals surface area contributed by atoms with Crippen LogP contribution < -0.4 is 10.6 Å². The SMILES string of the molecule is CCCCCCNC(=NC)NC1CCN(CC(F)(F)F)C1.I. The second-order valence-corrected chi connectivity index (χ2v) is 5.54. The highest BCUT2D eigenvalue weighted by Gasteiger charge is 2.34. The lowest BCUT2D eigenvalue weighted by molar-refractivity contribution is -0.143. The van der Waals surface area contributed by atoms with E-state index >= 15 is 0 Å². The van der Waals surface area contributed by atoms with Crippen molar-refractivity contribution in [3.05, 3.63) is 0 Å². The molecule has 0 aromatic heterocycles. The van der Waals surface area contributed by atoms with Gasteiger partial charge in [0.15, 0.2) is 5.96 Å². The molecule has 0 bridgehead atoms. The van der Waals surface area contributed by atoms with Gasteiger partial charge in [0.2, 0.25) is 0 Å². The number of nitrogens with one attached hydrogen (secondary N) is 2. The smallest absolute Gasteiger partial charge is 0.356 e. The Hall–Kier alpha value is -0.250. The van der Waals surface area contributed by atoms with Crippen LogP contribution in [0.2, 0.25) is 0 Å². The Morgan fingerprint density at radius 2 is 2.00 bits per heavy atom. The normalized spacial score (nSPS) is 19.9. The molecule has 8 heteroatoms. The molecular weight excluding hydrogens is 408 g/mol. The zero-order valence-corrected chi connectivity index (χ0v) is 15.7. The first kappa shape index (κ1) is 21.8. The minimum Gasteiger partial charge on any atom is -0.356 e. The Labute approximate surface area is 148 Å². The van der Waals surface area contributed by atoms with Gasteiger partial charge in [-0.05, 0) is 12.8 Å². The van der Waals surface area contributed by atoms with Crippen LogP contribution in [0.15, 0.2) is 4.99 Å². The van der Waals surface area contributed by atoms with E-state index in [1.807, 2.05) is 0 Å². The van der Waals surface area contributed by atoms with Crippen molar-refractivity contribution < 1.29 is 13.2 Å². The van der Waals surface area contributed by atoms with Crippen molar-refractivity contribution in [2.75, 3.05) is 33.2 Å². The molecule has 1 aliphatic rings. The highest BCUT2D eigenvalue weighted by atomic mass is 127. The maximum atomic E-state index is 12.3. The summed E-state index contributed by atoms with van der Waals surface area (Å²) in [6.07, 6.45) is 1.29. The molecule has 1 aliphatic heterocycles. The van der Waals surface area contributed by atoms with Crippen LogP contribution in [0.3, 0.4) is 0 Å². The number of hydrogen-bond acceptors (Lipinski definition) is 2. The molecule has 1 atom stereocenters. The molecule has 1 heterocycles. The van der Waals surface area contributed by atoms with Crippen LogP contribution >= 0.6 is 24.0 Å². The fraction of sp³-hybridized carbons (Fsp3) is 0.929. The lowest BCUT2D eigenvalue weighted by Crippen LogP contribution is -2.45. The highest BCUT2D eigenvalue weighted by Crippen LogP contribution is 2.19. The number of aliphatic imine (C=N–C) groups is 1. The van der Waals surface area contributed by atoms with Crippen molar-refractivity contribution in [2.45, 2.75) is 51.2 Å². The minimum absolute atomic E-state index is 0. The predicted octanol–water partition coefficient (Wildman–Crippen LogP) is 2.99. The molecule has 0 aromatic carbocycles. The maximum Gasteiger partial charge on any atom is 0.401 e. The van der Waals surface area contributed by atoms with Crippen molar-refractivity contribution in [2.24, 2.45) is 4.99 Å². The fourth-order valence-corrected chi connectivity index (χ4v) is 2.49. The summed E-state index contributed by atoms with van der Waals surface area (Å²) < 4.78 is 37.0. The first-order valence-electron chi connectivity index (χ1n) is 7.71. The zero-order chi connectivity index (χ0) is 15.7. The Bertz CT molecular complexity index is 324. The van der Waals surface area contributed by atoms with Crippen LogP contribution in [0.5, 0.6) is 0 Å². The first-order chi connectivity index (χ1) is 9.94. The Morgan fingerprint density at radius 3 is 2.59 bits per heavy atom. The van der Waals surface area contributed by atoms with E-state index in [1.165, 1.54) is 24.2 Å². The molecule has 0 aromatic rings. The van der Waals surface area contributed by atoms with Gasteiger partial charge in [-0.2, -0.15) is 13.2 Å². The quantitative estimate of drug-likeness (QED) is 0.279. The number of unbranched alkanes of at least 4 members (excludes halogenated alkanes) is 3. The lowest BCUT2D eigenvalue weighted by atomic mass is 10.2. The van der Waals surface area contributed by atoms with E-state index in [1.54, 1.807) is 7.05 Å². The van der Waals surface area contributed by atoms with Gasteiger partial charge in [0.25, 0.3) is 0 Å². The van der Waals surface area contributed by atoms with Crippen LogP contribution in [0, 0.1) is 0 Å².